The van der Waals surface area contributed by atoms with Crippen LogP contribution >= 0.6 is 11.8 Å². The van der Waals surface area contributed by atoms with Crippen LogP contribution in [0.5, 0.6) is 0 Å². The predicted molar refractivity (Wildman–Crippen MR) is 125 cm³/mol. The molecule has 2 aliphatic rings. The Morgan fingerprint density at radius 1 is 1.03 bits per heavy atom. The van der Waals surface area contributed by atoms with E-state index in [4.69, 9.17) is 14.2 Å². The lowest BCUT2D eigenvalue weighted by atomic mass is 9.96. The second-order valence-electron chi connectivity index (χ2n) is 8.03. The monoisotopic (exact) mass is 485 g/mol. The minimum atomic E-state index is -1.03. The second-order valence-corrected chi connectivity index (χ2v) is 9.41. The summed E-state index contributed by atoms with van der Waals surface area (Å²) < 4.78 is 18.0. The summed E-state index contributed by atoms with van der Waals surface area (Å²) in [5.41, 5.74) is 0.745. The highest BCUT2D eigenvalue weighted by Crippen LogP contribution is 2.38. The summed E-state index contributed by atoms with van der Waals surface area (Å²) in [4.78, 5) is 39.9. The third kappa shape index (κ3) is 4.74. The van der Waals surface area contributed by atoms with Crippen LogP contribution in [-0.2, 0) is 25.6 Å². The van der Waals surface area contributed by atoms with Crippen molar-refractivity contribution in [1.82, 2.24) is 4.90 Å². The predicted octanol–water partition coefficient (Wildman–Crippen LogP) is 2.64. The van der Waals surface area contributed by atoms with Gasteiger partial charge in [0.15, 0.2) is 6.10 Å². The Morgan fingerprint density at radius 3 is 2.21 bits per heavy atom. The number of aliphatic hydroxyl groups is 1. The van der Waals surface area contributed by atoms with Gasteiger partial charge in [-0.15, -0.1) is 11.8 Å². The first-order valence-electron chi connectivity index (χ1n) is 11.1. The summed E-state index contributed by atoms with van der Waals surface area (Å²) in [5.74, 6) is -0.918. The van der Waals surface area contributed by atoms with Gasteiger partial charge in [-0.2, -0.15) is 0 Å². The third-order valence-electron chi connectivity index (χ3n) is 5.84. The van der Waals surface area contributed by atoms with Gasteiger partial charge in [0.05, 0.1) is 24.3 Å². The highest BCUT2D eigenvalue weighted by molar-refractivity contribution is 7.99. The average molecular weight is 486 g/mol. The molecule has 2 aromatic carbocycles. The Balaban J connectivity index is 1.72. The van der Waals surface area contributed by atoms with Gasteiger partial charge in [0.25, 0.3) is 11.8 Å². The molecule has 0 bridgehead atoms. The lowest BCUT2D eigenvalue weighted by molar-refractivity contribution is -0.216. The number of esters is 1. The summed E-state index contributed by atoms with van der Waals surface area (Å²) in [7, 11) is 0. The summed E-state index contributed by atoms with van der Waals surface area (Å²) >= 11 is 1.37. The summed E-state index contributed by atoms with van der Waals surface area (Å²) in [6.07, 6.45) is -2.75. The van der Waals surface area contributed by atoms with E-state index in [-0.39, 0.29) is 13.2 Å². The topological polar surface area (TPSA) is 102 Å². The van der Waals surface area contributed by atoms with E-state index in [1.54, 1.807) is 24.3 Å². The fraction of sp³-hybridized carbons (Fsp3) is 0.400. The average Bonchev–Trinajstić information content (AvgIpc) is 3.09. The van der Waals surface area contributed by atoms with E-state index in [1.807, 2.05) is 37.3 Å². The molecule has 0 aromatic heterocycles. The fourth-order valence-corrected chi connectivity index (χ4v) is 5.41. The van der Waals surface area contributed by atoms with Crippen molar-refractivity contribution in [2.45, 2.75) is 50.2 Å². The number of rotatable bonds is 8. The summed E-state index contributed by atoms with van der Waals surface area (Å²) in [5, 5.41) is 10.1. The lowest BCUT2D eigenvalue weighted by Crippen LogP contribution is -2.66. The number of fused-ring (bicyclic) bond motifs is 1. The molecule has 5 atom stereocenters. The lowest BCUT2D eigenvalue weighted by Gasteiger charge is -2.47. The molecule has 2 aromatic rings. The van der Waals surface area contributed by atoms with Gasteiger partial charge in [-0.3, -0.25) is 19.3 Å². The third-order valence-corrected chi connectivity index (χ3v) is 6.89. The van der Waals surface area contributed by atoms with E-state index in [9.17, 15) is 19.5 Å². The van der Waals surface area contributed by atoms with Crippen LogP contribution in [-0.4, -0.2) is 69.9 Å². The number of carbonyl (C=O) groups excluding carboxylic acids is 3. The van der Waals surface area contributed by atoms with Crippen LogP contribution in [0.1, 0.15) is 40.1 Å². The van der Waals surface area contributed by atoms with Gasteiger partial charge in [-0.1, -0.05) is 49.4 Å². The molecule has 34 heavy (non-hydrogen) atoms. The molecule has 0 unspecified atom stereocenters. The van der Waals surface area contributed by atoms with Gasteiger partial charge in [0.2, 0.25) is 0 Å². The first-order chi connectivity index (χ1) is 16.5. The Morgan fingerprint density at radius 2 is 1.65 bits per heavy atom. The van der Waals surface area contributed by atoms with Crippen LogP contribution in [0.15, 0.2) is 54.6 Å². The molecular formula is C25H27NO7S. The molecule has 0 radical (unpaired) electrons. The maximum absolute atomic E-state index is 13.3. The zero-order chi connectivity index (χ0) is 24.2. The number of hydrogen-bond donors (Lipinski definition) is 1. The number of thioether (sulfide) groups is 1. The molecular weight excluding hydrogens is 458 g/mol. The van der Waals surface area contributed by atoms with Crippen LogP contribution in [0.3, 0.4) is 0 Å². The van der Waals surface area contributed by atoms with Crippen molar-refractivity contribution in [1.29, 1.82) is 0 Å². The molecule has 2 aliphatic heterocycles. The number of benzene rings is 2. The van der Waals surface area contributed by atoms with Crippen LogP contribution in [0, 0.1) is 0 Å². The van der Waals surface area contributed by atoms with Gasteiger partial charge in [0, 0.05) is 6.92 Å². The van der Waals surface area contributed by atoms with Crippen molar-refractivity contribution in [3.05, 3.63) is 71.3 Å². The van der Waals surface area contributed by atoms with Crippen LogP contribution in [0.25, 0.3) is 0 Å². The van der Waals surface area contributed by atoms with Crippen LogP contribution in [0.4, 0.5) is 0 Å². The quantitative estimate of drug-likeness (QED) is 0.450. The van der Waals surface area contributed by atoms with E-state index >= 15 is 0 Å². The number of hydrogen-bond acceptors (Lipinski definition) is 8. The smallest absolute Gasteiger partial charge is 0.303 e. The highest BCUT2D eigenvalue weighted by Gasteiger charge is 2.55. The summed E-state index contributed by atoms with van der Waals surface area (Å²) in [6, 6.07) is 15.0. The normalized spacial score (nSPS) is 26.4. The number of amides is 2. The van der Waals surface area contributed by atoms with E-state index in [0.29, 0.717) is 16.9 Å². The van der Waals surface area contributed by atoms with Gasteiger partial charge < -0.3 is 19.3 Å². The summed E-state index contributed by atoms with van der Waals surface area (Å²) in [6.45, 7) is 2.97. The number of nitrogens with zero attached hydrogens (tertiary/aromatic N) is 1. The van der Waals surface area contributed by atoms with Gasteiger partial charge in [-0.05, 0) is 23.4 Å². The van der Waals surface area contributed by atoms with Crippen LogP contribution < -0.4 is 0 Å². The second kappa shape index (κ2) is 10.7. The molecule has 180 valence electrons. The fourth-order valence-electron chi connectivity index (χ4n) is 4.38. The number of imide groups is 1. The van der Waals surface area contributed by atoms with Crippen molar-refractivity contribution in [3.8, 4) is 0 Å². The van der Waals surface area contributed by atoms with E-state index < -0.39 is 47.6 Å². The Labute approximate surface area is 202 Å². The maximum atomic E-state index is 13.3. The van der Waals surface area contributed by atoms with Crippen molar-refractivity contribution < 1.29 is 33.7 Å². The maximum Gasteiger partial charge on any atom is 0.303 e. The molecule has 0 aliphatic carbocycles. The minimum Gasteiger partial charge on any atom is -0.457 e. The molecule has 1 N–H and O–H groups in total. The SMILES string of the molecule is CCS[C@@H]1O[C@H](CO)[C@@H](OCc2ccccc2)[C@H](OC(C)=O)[C@H]1N1C(=O)c2ccccc2C1=O. The van der Waals surface area contributed by atoms with Gasteiger partial charge in [-0.25, -0.2) is 0 Å². The molecule has 2 amide bonds. The molecule has 0 spiro atoms. The minimum absolute atomic E-state index is 0.170. The first kappa shape index (κ1) is 24.4. The van der Waals surface area contributed by atoms with E-state index in [0.717, 1.165) is 10.5 Å². The van der Waals surface area contributed by atoms with Crippen LogP contribution in [0.2, 0.25) is 0 Å². The molecule has 0 saturated carbocycles. The zero-order valence-corrected chi connectivity index (χ0v) is 19.8. The molecule has 1 saturated heterocycles. The number of ether oxygens (including phenoxy) is 3. The van der Waals surface area contributed by atoms with Crippen molar-refractivity contribution in [2.75, 3.05) is 12.4 Å². The number of aliphatic hydroxyl groups excluding tert-OH is 1. The molecule has 4 rings (SSSR count). The van der Waals surface area contributed by atoms with Crippen molar-refractivity contribution in [2.24, 2.45) is 0 Å². The Kier molecular flexibility index (Phi) is 7.67. The number of carbonyl (C=O) groups is 3. The Hall–Kier alpha value is -2.72. The standard InChI is InChI=1S/C25H27NO7S/c1-3-34-25-20(26-23(29)17-11-7-8-12-18(17)24(26)30)22(32-15(2)28)21(19(13-27)33-25)31-14-16-9-5-4-6-10-16/h4-12,19-22,25,27H,3,13-14H2,1-2H3/t19-,20-,21-,22-,25+/m1/s1. The molecule has 1 fully saturated rings. The molecule has 9 heteroatoms. The van der Waals surface area contributed by atoms with Crippen molar-refractivity contribution >= 4 is 29.5 Å². The zero-order valence-electron chi connectivity index (χ0n) is 19.0. The Bertz CT molecular complexity index is 1010. The van der Waals surface area contributed by atoms with Crippen molar-refractivity contribution in [3.63, 3.8) is 0 Å². The van der Waals surface area contributed by atoms with Gasteiger partial charge >= 0.3 is 5.97 Å². The van der Waals surface area contributed by atoms with E-state index in [2.05, 4.69) is 0 Å². The van der Waals surface area contributed by atoms with Gasteiger partial charge in [0.1, 0.15) is 23.7 Å². The molecule has 8 nitrogen and oxygen atoms in total. The largest absolute Gasteiger partial charge is 0.457 e. The highest BCUT2D eigenvalue weighted by atomic mass is 32.2. The molecule has 2 heterocycles. The first-order valence-corrected chi connectivity index (χ1v) is 12.2. The van der Waals surface area contributed by atoms with E-state index in [1.165, 1.54) is 18.7 Å².